The van der Waals surface area contributed by atoms with Crippen LogP contribution < -0.4 is 5.84 Å². The molecule has 3 aromatic heterocycles. The van der Waals surface area contributed by atoms with E-state index in [1.165, 1.54) is 43.6 Å². The van der Waals surface area contributed by atoms with Gasteiger partial charge in [0.1, 0.15) is 21.5 Å². The Kier molecular flexibility index (Phi) is 4.73. The number of rotatable bonds is 5. The molecule has 4 aromatic rings. The van der Waals surface area contributed by atoms with Gasteiger partial charge in [-0.05, 0) is 55.6 Å². The zero-order valence-corrected chi connectivity index (χ0v) is 17.7. The summed E-state index contributed by atoms with van der Waals surface area (Å²) in [5.74, 6) is 8.33. The summed E-state index contributed by atoms with van der Waals surface area (Å²) in [6.07, 6.45) is 3.44. The smallest absolute Gasteiger partial charge is 0.216 e. The maximum absolute atomic E-state index is 6.08. The number of thioether (sulfide) groups is 1. The minimum atomic E-state index is 0.650. The van der Waals surface area contributed by atoms with Crippen LogP contribution in [0.25, 0.3) is 10.2 Å². The van der Waals surface area contributed by atoms with Crippen molar-refractivity contribution in [2.24, 2.45) is 0 Å². The van der Waals surface area contributed by atoms with Gasteiger partial charge < -0.3 is 5.84 Å². The second kappa shape index (κ2) is 7.38. The number of hydrogen-bond donors (Lipinski definition) is 1. The van der Waals surface area contributed by atoms with Crippen LogP contribution >= 0.6 is 34.9 Å². The highest BCUT2D eigenvalue weighted by Crippen LogP contribution is 2.42. The number of nitrogen functional groups attached to an aromatic ring is 1. The van der Waals surface area contributed by atoms with Crippen molar-refractivity contribution in [3.8, 4) is 0 Å². The molecule has 1 aliphatic rings. The van der Waals surface area contributed by atoms with Crippen LogP contribution in [0.3, 0.4) is 0 Å². The van der Waals surface area contributed by atoms with Crippen molar-refractivity contribution in [2.45, 2.75) is 47.0 Å². The molecule has 1 aromatic carbocycles. The van der Waals surface area contributed by atoms with Crippen molar-refractivity contribution < 1.29 is 0 Å². The molecule has 9 heteroatoms. The Bertz CT molecular complexity index is 1150. The Hall–Kier alpha value is -2.10. The zero-order valence-electron chi connectivity index (χ0n) is 15.3. The van der Waals surface area contributed by atoms with E-state index < -0.39 is 0 Å². The van der Waals surface area contributed by atoms with E-state index in [2.05, 4.69) is 22.3 Å². The molecule has 0 aliphatic heterocycles. The van der Waals surface area contributed by atoms with Gasteiger partial charge in [0.05, 0.1) is 5.75 Å². The van der Waals surface area contributed by atoms with Crippen molar-refractivity contribution in [3.05, 3.63) is 52.4 Å². The van der Waals surface area contributed by atoms with E-state index in [-0.39, 0.29) is 0 Å². The normalized spacial score (nSPS) is 13.3. The molecule has 0 saturated heterocycles. The Morgan fingerprint density at radius 2 is 2.00 bits per heavy atom. The first-order valence-corrected chi connectivity index (χ1v) is 11.6. The maximum Gasteiger partial charge on any atom is 0.216 e. The van der Waals surface area contributed by atoms with Gasteiger partial charge in [0.25, 0.3) is 0 Å². The molecule has 142 valence electrons. The molecule has 0 amide bonds. The molecule has 1 aliphatic carbocycles. The van der Waals surface area contributed by atoms with Gasteiger partial charge >= 0.3 is 0 Å². The number of fused-ring (bicyclic) bond motifs is 3. The second-order valence-corrected chi connectivity index (χ2v) is 9.67. The summed E-state index contributed by atoms with van der Waals surface area (Å²) in [4.78, 5) is 13.5. The first-order valence-electron chi connectivity index (χ1n) is 9.03. The van der Waals surface area contributed by atoms with Crippen molar-refractivity contribution in [1.82, 2.24) is 24.8 Å². The molecule has 0 saturated carbocycles. The molecule has 6 nitrogen and oxygen atoms in total. The quantitative estimate of drug-likeness (QED) is 0.290. The number of aromatic nitrogens is 5. The fourth-order valence-electron chi connectivity index (χ4n) is 3.31. The summed E-state index contributed by atoms with van der Waals surface area (Å²) >= 11 is 5.04. The number of benzene rings is 1. The second-order valence-electron chi connectivity index (χ2n) is 6.59. The Morgan fingerprint density at radius 1 is 1.14 bits per heavy atom. The zero-order chi connectivity index (χ0) is 19.1. The van der Waals surface area contributed by atoms with E-state index >= 15 is 0 Å². The number of nitrogens with two attached hydrogens (primary N) is 1. The molecule has 28 heavy (non-hydrogen) atoms. The predicted molar refractivity (Wildman–Crippen MR) is 114 cm³/mol. The van der Waals surface area contributed by atoms with E-state index in [0.717, 1.165) is 34.3 Å². The molecule has 0 fully saturated rings. The standard InChI is InChI=1S/C19H18N6S3/c1-11-23-24-19(25(11)20)28-18-16-13-8-5-9-14(13)27-17(16)21-15(22-18)10-26-12-6-3-2-4-7-12/h2-4,6-7H,5,8-10,20H2,1H3. The third kappa shape index (κ3) is 3.27. The lowest BCUT2D eigenvalue weighted by atomic mass is 10.2. The molecule has 5 rings (SSSR count). The molecule has 0 radical (unpaired) electrons. The molecule has 0 bridgehead atoms. The Balaban J connectivity index is 1.54. The lowest BCUT2D eigenvalue weighted by Crippen LogP contribution is -2.11. The van der Waals surface area contributed by atoms with Crippen LogP contribution in [0.4, 0.5) is 0 Å². The Morgan fingerprint density at radius 3 is 2.79 bits per heavy atom. The fraction of sp³-hybridized carbons (Fsp3) is 0.263. The van der Waals surface area contributed by atoms with Gasteiger partial charge in [-0.2, -0.15) is 0 Å². The van der Waals surface area contributed by atoms with Gasteiger partial charge in [-0.3, -0.25) is 0 Å². The fourth-order valence-corrected chi connectivity index (χ4v) is 6.39. The van der Waals surface area contributed by atoms with Gasteiger partial charge in [0, 0.05) is 15.2 Å². The van der Waals surface area contributed by atoms with Gasteiger partial charge in [-0.25, -0.2) is 14.6 Å². The highest BCUT2D eigenvalue weighted by atomic mass is 32.2. The van der Waals surface area contributed by atoms with Crippen molar-refractivity contribution in [2.75, 3.05) is 5.84 Å². The van der Waals surface area contributed by atoms with E-state index in [0.29, 0.717) is 11.0 Å². The van der Waals surface area contributed by atoms with Crippen LogP contribution in [0.1, 0.15) is 28.5 Å². The first-order chi connectivity index (χ1) is 13.7. The molecule has 0 unspecified atom stereocenters. The van der Waals surface area contributed by atoms with E-state index in [1.807, 2.05) is 36.5 Å². The average Bonchev–Trinajstić information content (AvgIpc) is 3.38. The van der Waals surface area contributed by atoms with Crippen molar-refractivity contribution in [1.29, 1.82) is 0 Å². The minimum absolute atomic E-state index is 0.650. The Labute approximate surface area is 175 Å². The van der Waals surface area contributed by atoms with Gasteiger partial charge in [0.2, 0.25) is 5.16 Å². The van der Waals surface area contributed by atoms with E-state index in [9.17, 15) is 0 Å². The maximum atomic E-state index is 6.08. The number of hydrogen-bond acceptors (Lipinski definition) is 8. The molecule has 2 N–H and O–H groups in total. The van der Waals surface area contributed by atoms with Crippen molar-refractivity contribution in [3.63, 3.8) is 0 Å². The summed E-state index contributed by atoms with van der Waals surface area (Å²) in [5, 5.41) is 11.0. The SMILES string of the molecule is Cc1nnc(Sc2nc(CSc3ccccc3)nc3sc4c(c23)CCC4)n1N. The number of nitrogens with zero attached hydrogens (tertiary/aromatic N) is 5. The van der Waals surface area contributed by atoms with E-state index in [4.69, 9.17) is 15.8 Å². The summed E-state index contributed by atoms with van der Waals surface area (Å²) in [7, 11) is 0. The van der Waals surface area contributed by atoms with E-state index in [1.54, 1.807) is 11.8 Å². The third-order valence-electron chi connectivity index (χ3n) is 4.71. The van der Waals surface area contributed by atoms with Gasteiger partial charge in [-0.15, -0.1) is 33.3 Å². The molecular formula is C19H18N6S3. The van der Waals surface area contributed by atoms with Crippen LogP contribution in [0.15, 0.2) is 45.4 Å². The van der Waals surface area contributed by atoms with Gasteiger partial charge in [-0.1, -0.05) is 18.2 Å². The average molecular weight is 427 g/mol. The number of thiophene rings is 1. The van der Waals surface area contributed by atoms with Crippen LogP contribution in [0.2, 0.25) is 0 Å². The lowest BCUT2D eigenvalue weighted by Gasteiger charge is -2.07. The van der Waals surface area contributed by atoms with Crippen LogP contribution in [0, 0.1) is 6.92 Å². The monoisotopic (exact) mass is 426 g/mol. The van der Waals surface area contributed by atoms with Crippen molar-refractivity contribution >= 4 is 45.1 Å². The lowest BCUT2D eigenvalue weighted by molar-refractivity contribution is 0.823. The summed E-state index contributed by atoms with van der Waals surface area (Å²) < 4.78 is 1.52. The summed E-state index contributed by atoms with van der Waals surface area (Å²) in [6.45, 7) is 1.84. The largest absolute Gasteiger partial charge is 0.336 e. The van der Waals surface area contributed by atoms with Crippen LogP contribution in [-0.2, 0) is 18.6 Å². The predicted octanol–water partition coefficient (Wildman–Crippen LogP) is 4.24. The molecule has 3 heterocycles. The topological polar surface area (TPSA) is 82.5 Å². The highest BCUT2D eigenvalue weighted by molar-refractivity contribution is 7.99. The minimum Gasteiger partial charge on any atom is -0.336 e. The molecular weight excluding hydrogens is 408 g/mol. The third-order valence-corrected chi connectivity index (χ3v) is 7.86. The molecule has 0 spiro atoms. The summed E-state index contributed by atoms with van der Waals surface area (Å²) in [6, 6.07) is 10.3. The molecule has 0 atom stereocenters. The first kappa shape index (κ1) is 18.0. The summed E-state index contributed by atoms with van der Waals surface area (Å²) in [5.41, 5.74) is 1.41. The van der Waals surface area contributed by atoms with Crippen LogP contribution in [0.5, 0.6) is 0 Å². The van der Waals surface area contributed by atoms with Crippen LogP contribution in [-0.4, -0.2) is 24.8 Å². The van der Waals surface area contributed by atoms with Gasteiger partial charge in [0.15, 0.2) is 0 Å². The number of aryl methyl sites for hydroxylation is 3. The highest BCUT2D eigenvalue weighted by Gasteiger charge is 2.24.